The summed E-state index contributed by atoms with van der Waals surface area (Å²) >= 11 is 0. The molecule has 1 heterocycles. The third kappa shape index (κ3) is 2.00. The van der Waals surface area contributed by atoms with Gasteiger partial charge < -0.3 is 5.32 Å². The van der Waals surface area contributed by atoms with Gasteiger partial charge in [-0.25, -0.2) is 13.2 Å². The first kappa shape index (κ1) is 10.5. The Kier molecular flexibility index (Phi) is 2.69. The molecule has 1 nitrogen and oxygen atoms in total. The lowest BCUT2D eigenvalue weighted by atomic mass is 9.94. The highest BCUT2D eigenvalue weighted by molar-refractivity contribution is 5.22. The van der Waals surface area contributed by atoms with E-state index in [2.05, 4.69) is 5.32 Å². The zero-order valence-corrected chi connectivity index (χ0v) is 8.14. The van der Waals surface area contributed by atoms with E-state index in [0.717, 1.165) is 6.07 Å². The number of halogens is 3. The molecule has 0 aliphatic carbocycles. The predicted octanol–water partition coefficient (Wildman–Crippen LogP) is 2.53. The summed E-state index contributed by atoms with van der Waals surface area (Å²) in [5.41, 5.74) is -0.226. The highest BCUT2D eigenvalue weighted by Gasteiger charge is 2.42. The largest absolute Gasteiger partial charge is 0.316 e. The molecule has 1 aromatic rings. The van der Waals surface area contributed by atoms with Gasteiger partial charge in [0.15, 0.2) is 0 Å². The molecule has 1 fully saturated rings. The maximum atomic E-state index is 13.8. The van der Waals surface area contributed by atoms with Crippen LogP contribution < -0.4 is 5.32 Å². The summed E-state index contributed by atoms with van der Waals surface area (Å²) < 4.78 is 40.5. The molecule has 2 rings (SSSR count). The molecular weight excluding hydrogens is 203 g/mol. The molecule has 4 heteroatoms. The van der Waals surface area contributed by atoms with Crippen LogP contribution in [0.2, 0.25) is 0 Å². The van der Waals surface area contributed by atoms with Crippen LogP contribution in [-0.2, 0) is 5.92 Å². The Balaban J connectivity index is 2.27. The first-order valence-electron chi connectivity index (χ1n) is 4.95. The van der Waals surface area contributed by atoms with E-state index in [-0.39, 0.29) is 5.56 Å². The normalized spacial score (nSPS) is 21.9. The molecule has 1 aliphatic heterocycles. The van der Waals surface area contributed by atoms with E-state index < -0.39 is 17.7 Å². The Morgan fingerprint density at radius 2 is 2.13 bits per heavy atom. The SMILES string of the molecule is Fc1cccc(C(F)(F)C2CCNC2)c1. The number of nitrogens with one attached hydrogen (secondary N) is 1. The van der Waals surface area contributed by atoms with E-state index in [1.807, 2.05) is 0 Å². The lowest BCUT2D eigenvalue weighted by Crippen LogP contribution is -2.27. The van der Waals surface area contributed by atoms with Gasteiger partial charge in [0.25, 0.3) is 5.92 Å². The minimum atomic E-state index is -2.94. The van der Waals surface area contributed by atoms with Crippen molar-refractivity contribution >= 4 is 0 Å². The van der Waals surface area contributed by atoms with Crippen LogP contribution in [0.1, 0.15) is 12.0 Å². The molecule has 0 aromatic heterocycles. The molecule has 1 N–H and O–H groups in total. The van der Waals surface area contributed by atoms with Gasteiger partial charge in [-0.05, 0) is 25.1 Å². The number of hydrogen-bond donors (Lipinski definition) is 1. The zero-order valence-electron chi connectivity index (χ0n) is 8.14. The van der Waals surface area contributed by atoms with Gasteiger partial charge in [0.2, 0.25) is 0 Å². The van der Waals surface area contributed by atoms with Crippen LogP contribution >= 0.6 is 0 Å². The lowest BCUT2D eigenvalue weighted by molar-refractivity contribution is -0.0577. The maximum Gasteiger partial charge on any atom is 0.277 e. The molecule has 1 aliphatic rings. The molecule has 0 saturated carbocycles. The molecule has 15 heavy (non-hydrogen) atoms. The number of hydrogen-bond acceptors (Lipinski definition) is 1. The van der Waals surface area contributed by atoms with Crippen molar-refractivity contribution in [2.45, 2.75) is 12.3 Å². The first-order chi connectivity index (χ1) is 7.10. The zero-order chi connectivity index (χ0) is 10.9. The van der Waals surface area contributed by atoms with Crippen molar-refractivity contribution in [3.8, 4) is 0 Å². The van der Waals surface area contributed by atoms with Crippen LogP contribution in [-0.4, -0.2) is 13.1 Å². The van der Waals surface area contributed by atoms with Gasteiger partial charge in [-0.3, -0.25) is 0 Å². The quantitative estimate of drug-likeness (QED) is 0.799. The fourth-order valence-electron chi connectivity index (χ4n) is 1.90. The molecule has 1 atom stereocenters. The van der Waals surface area contributed by atoms with Crippen LogP contribution in [0.4, 0.5) is 13.2 Å². The summed E-state index contributed by atoms with van der Waals surface area (Å²) in [6.07, 6.45) is 0.434. The minimum Gasteiger partial charge on any atom is -0.316 e. The lowest BCUT2D eigenvalue weighted by Gasteiger charge is -2.22. The molecule has 0 bridgehead atoms. The second-order valence-electron chi connectivity index (χ2n) is 3.82. The summed E-state index contributed by atoms with van der Waals surface area (Å²) in [6.45, 7) is 0.902. The second-order valence-corrected chi connectivity index (χ2v) is 3.82. The number of alkyl halides is 2. The van der Waals surface area contributed by atoms with Crippen molar-refractivity contribution in [1.82, 2.24) is 5.32 Å². The molecule has 0 radical (unpaired) electrons. The van der Waals surface area contributed by atoms with Gasteiger partial charge in [0.05, 0.1) is 0 Å². The van der Waals surface area contributed by atoms with Gasteiger partial charge in [-0.2, -0.15) is 0 Å². The predicted molar refractivity (Wildman–Crippen MR) is 51.3 cm³/mol. The number of rotatable bonds is 2. The van der Waals surface area contributed by atoms with Gasteiger partial charge in [0, 0.05) is 18.0 Å². The fraction of sp³-hybridized carbons (Fsp3) is 0.455. The highest BCUT2D eigenvalue weighted by atomic mass is 19.3. The van der Waals surface area contributed by atoms with Gasteiger partial charge in [-0.1, -0.05) is 12.1 Å². The van der Waals surface area contributed by atoms with Crippen molar-refractivity contribution < 1.29 is 13.2 Å². The van der Waals surface area contributed by atoms with Gasteiger partial charge in [-0.15, -0.1) is 0 Å². The van der Waals surface area contributed by atoms with Crippen molar-refractivity contribution in [2.75, 3.05) is 13.1 Å². The summed E-state index contributed by atoms with van der Waals surface area (Å²) in [4.78, 5) is 0. The van der Waals surface area contributed by atoms with Gasteiger partial charge >= 0.3 is 0 Å². The minimum absolute atomic E-state index is 0.226. The average Bonchev–Trinajstić information content (AvgIpc) is 2.71. The Bertz CT molecular complexity index is 345. The first-order valence-corrected chi connectivity index (χ1v) is 4.95. The smallest absolute Gasteiger partial charge is 0.277 e. The summed E-state index contributed by atoms with van der Waals surface area (Å²) in [6, 6.07) is 4.69. The monoisotopic (exact) mass is 215 g/mol. The molecular formula is C11H12F3N. The Hall–Kier alpha value is -1.03. The summed E-state index contributed by atoms with van der Waals surface area (Å²) in [5.74, 6) is -4.27. The second kappa shape index (κ2) is 3.85. The van der Waals surface area contributed by atoms with Gasteiger partial charge in [0.1, 0.15) is 5.82 Å². The number of benzene rings is 1. The van der Waals surface area contributed by atoms with Crippen molar-refractivity contribution in [1.29, 1.82) is 0 Å². The topological polar surface area (TPSA) is 12.0 Å². The molecule has 0 amide bonds. The van der Waals surface area contributed by atoms with Crippen LogP contribution in [0.5, 0.6) is 0 Å². The van der Waals surface area contributed by atoms with E-state index in [9.17, 15) is 13.2 Å². The Labute approximate surface area is 86.3 Å². The van der Waals surface area contributed by atoms with E-state index in [4.69, 9.17) is 0 Å². The van der Waals surface area contributed by atoms with E-state index in [0.29, 0.717) is 19.5 Å². The third-order valence-electron chi connectivity index (χ3n) is 2.78. The molecule has 82 valence electrons. The molecule has 1 saturated heterocycles. The van der Waals surface area contributed by atoms with Crippen molar-refractivity contribution in [2.24, 2.45) is 5.92 Å². The highest BCUT2D eigenvalue weighted by Crippen LogP contribution is 2.38. The van der Waals surface area contributed by atoms with E-state index >= 15 is 0 Å². The maximum absolute atomic E-state index is 13.8. The average molecular weight is 215 g/mol. The Morgan fingerprint density at radius 3 is 2.73 bits per heavy atom. The summed E-state index contributed by atoms with van der Waals surface area (Å²) in [5, 5.41) is 2.89. The van der Waals surface area contributed by atoms with E-state index in [1.54, 1.807) is 0 Å². The van der Waals surface area contributed by atoms with Crippen LogP contribution in [0, 0.1) is 11.7 Å². The van der Waals surface area contributed by atoms with Crippen LogP contribution in [0.3, 0.4) is 0 Å². The standard InChI is InChI=1S/C11H12F3N/c12-10-3-1-2-8(6-10)11(13,14)9-4-5-15-7-9/h1-3,6,9,15H,4-5,7H2. The van der Waals surface area contributed by atoms with Crippen LogP contribution in [0.15, 0.2) is 24.3 Å². The van der Waals surface area contributed by atoms with Crippen molar-refractivity contribution in [3.05, 3.63) is 35.6 Å². The van der Waals surface area contributed by atoms with E-state index in [1.165, 1.54) is 18.2 Å². The van der Waals surface area contributed by atoms with Crippen LogP contribution in [0.25, 0.3) is 0 Å². The molecule has 0 spiro atoms. The van der Waals surface area contributed by atoms with Crippen molar-refractivity contribution in [3.63, 3.8) is 0 Å². The third-order valence-corrected chi connectivity index (χ3v) is 2.78. The fourth-order valence-corrected chi connectivity index (χ4v) is 1.90. The Morgan fingerprint density at radius 1 is 1.33 bits per heavy atom. The molecule has 1 aromatic carbocycles. The summed E-state index contributed by atoms with van der Waals surface area (Å²) in [7, 11) is 0. The molecule has 1 unspecified atom stereocenters.